The van der Waals surface area contributed by atoms with Crippen LogP contribution >= 0.6 is 0 Å². The third kappa shape index (κ3) is 9.20. The Morgan fingerprint density at radius 2 is 0.750 bits per heavy atom. The van der Waals surface area contributed by atoms with Crippen LogP contribution in [0.25, 0.3) is 10.8 Å². The van der Waals surface area contributed by atoms with Crippen molar-refractivity contribution in [3.8, 4) is 11.5 Å². The van der Waals surface area contributed by atoms with E-state index in [2.05, 4.69) is 0 Å². The zero-order valence-corrected chi connectivity index (χ0v) is 22.3. The van der Waals surface area contributed by atoms with E-state index in [0.29, 0.717) is 52.9 Å². The fourth-order valence-electron chi connectivity index (χ4n) is 3.90. The van der Waals surface area contributed by atoms with E-state index in [1.165, 1.54) is 6.07 Å². The van der Waals surface area contributed by atoms with Crippen LogP contribution in [0, 0.1) is 0 Å². The summed E-state index contributed by atoms with van der Waals surface area (Å²) >= 11 is 0. The second kappa shape index (κ2) is 16.4. The van der Waals surface area contributed by atoms with Crippen LogP contribution in [-0.2, 0) is 28.4 Å². The lowest BCUT2D eigenvalue weighted by Gasteiger charge is -2.13. The Morgan fingerprint density at radius 1 is 0.400 bits per heavy atom. The highest BCUT2D eigenvalue weighted by Gasteiger charge is 2.13. The van der Waals surface area contributed by atoms with E-state index in [1.807, 2.05) is 36.4 Å². The summed E-state index contributed by atoms with van der Waals surface area (Å²) in [6, 6.07) is 17.8. The molecule has 1 heterocycles. The molecule has 3 aromatic carbocycles. The van der Waals surface area contributed by atoms with Crippen molar-refractivity contribution in [1.29, 1.82) is 0 Å². The topological polar surface area (TPSA) is 108 Å². The maximum atomic E-state index is 12.3. The first-order chi connectivity index (χ1) is 19.7. The molecule has 0 aromatic heterocycles. The summed E-state index contributed by atoms with van der Waals surface area (Å²) in [5, 5.41) is 1.90. The smallest absolute Gasteiger partial charge is 0.338 e. The quantitative estimate of drug-likeness (QED) is 0.382. The molecule has 0 amide bonds. The number of benzene rings is 3. The standard InChI is InChI=1S/C30H34O10/c31-29-23-4-1-5-24(22-23)30(32)40-21-17-36-13-11-34-15-19-38-28-9-3-7-26-25(28)6-2-8-27(26)37-18-14-33-10-12-35-16-20-39-29/h1-9,22H,10-21H2. The summed E-state index contributed by atoms with van der Waals surface area (Å²) in [5.41, 5.74) is 0.502. The summed E-state index contributed by atoms with van der Waals surface area (Å²) in [7, 11) is 0. The van der Waals surface area contributed by atoms with Crippen LogP contribution in [0.2, 0.25) is 0 Å². The SMILES string of the molecule is O=C1OCCOCCOCCOc2cccc3c(cccc23)OCCOCCOCCOC(=O)c2cccc1c2. The summed E-state index contributed by atoms with van der Waals surface area (Å²) in [6.45, 7) is 3.59. The molecule has 4 rings (SSSR count). The molecule has 0 aliphatic carbocycles. The van der Waals surface area contributed by atoms with Crippen molar-refractivity contribution in [3.63, 3.8) is 0 Å². The van der Waals surface area contributed by atoms with Gasteiger partial charge in [0, 0.05) is 10.8 Å². The second-order valence-corrected chi connectivity index (χ2v) is 8.61. The number of esters is 2. The minimum absolute atomic E-state index is 0.0739. The van der Waals surface area contributed by atoms with Crippen LogP contribution in [0.15, 0.2) is 60.7 Å². The molecule has 0 saturated heterocycles. The van der Waals surface area contributed by atoms with Crippen molar-refractivity contribution in [3.05, 3.63) is 71.8 Å². The van der Waals surface area contributed by atoms with E-state index < -0.39 is 11.9 Å². The van der Waals surface area contributed by atoms with Crippen molar-refractivity contribution < 1.29 is 47.5 Å². The maximum absolute atomic E-state index is 12.3. The summed E-state index contributed by atoms with van der Waals surface area (Å²) < 4.78 is 44.5. The van der Waals surface area contributed by atoms with E-state index in [9.17, 15) is 9.59 Å². The molecule has 40 heavy (non-hydrogen) atoms. The highest BCUT2D eigenvalue weighted by molar-refractivity contribution is 5.95. The lowest BCUT2D eigenvalue weighted by atomic mass is 10.1. The number of cyclic esters (lactones) is 2. The molecule has 0 saturated carbocycles. The maximum Gasteiger partial charge on any atom is 0.338 e. The third-order valence-electron chi connectivity index (χ3n) is 5.81. The first-order valence-electron chi connectivity index (χ1n) is 13.2. The Labute approximate surface area is 233 Å². The summed E-state index contributed by atoms with van der Waals surface area (Å²) in [4.78, 5) is 24.7. The number of fused-ring (bicyclic) bond motifs is 2. The highest BCUT2D eigenvalue weighted by Crippen LogP contribution is 2.32. The Morgan fingerprint density at radius 3 is 1.18 bits per heavy atom. The number of rotatable bonds is 0. The Bertz CT molecular complexity index is 1140. The lowest BCUT2D eigenvalue weighted by Crippen LogP contribution is -2.15. The highest BCUT2D eigenvalue weighted by atomic mass is 16.6. The average Bonchev–Trinajstić information content (AvgIpc) is 2.98. The zero-order chi connectivity index (χ0) is 27.8. The molecule has 1 aliphatic rings. The van der Waals surface area contributed by atoms with Crippen LogP contribution in [0.3, 0.4) is 0 Å². The minimum Gasteiger partial charge on any atom is -0.491 e. The average molecular weight is 555 g/mol. The molecule has 3 aromatic rings. The number of hydrogen-bond acceptors (Lipinski definition) is 10. The fourth-order valence-corrected chi connectivity index (χ4v) is 3.90. The van der Waals surface area contributed by atoms with Crippen molar-refractivity contribution in [2.75, 3.05) is 79.3 Å². The van der Waals surface area contributed by atoms with Gasteiger partial charge in [-0.3, -0.25) is 0 Å². The van der Waals surface area contributed by atoms with Gasteiger partial charge in [-0.25, -0.2) is 9.59 Å². The Balaban J connectivity index is 1.30. The van der Waals surface area contributed by atoms with Gasteiger partial charge in [0.15, 0.2) is 0 Å². The van der Waals surface area contributed by atoms with Gasteiger partial charge >= 0.3 is 11.9 Å². The molecule has 0 spiro atoms. The van der Waals surface area contributed by atoms with Crippen LogP contribution in [0.4, 0.5) is 0 Å². The predicted octanol–water partition coefficient (Wildman–Crippen LogP) is 3.69. The largest absolute Gasteiger partial charge is 0.491 e. The third-order valence-corrected chi connectivity index (χ3v) is 5.81. The van der Waals surface area contributed by atoms with Crippen LogP contribution in [-0.4, -0.2) is 91.2 Å². The molecule has 6 bridgehead atoms. The number of carbonyl (C=O) groups excluding carboxylic acids is 2. The van der Waals surface area contributed by atoms with E-state index >= 15 is 0 Å². The molecule has 214 valence electrons. The molecule has 1 aliphatic heterocycles. The lowest BCUT2D eigenvalue weighted by molar-refractivity contribution is 0.0105. The monoisotopic (exact) mass is 554 g/mol. The predicted molar refractivity (Wildman–Crippen MR) is 145 cm³/mol. The summed E-state index contributed by atoms with van der Waals surface area (Å²) in [6.07, 6.45) is 0. The molecule has 0 radical (unpaired) electrons. The van der Waals surface area contributed by atoms with Gasteiger partial charge in [0.25, 0.3) is 0 Å². The number of carbonyl (C=O) groups is 2. The van der Waals surface area contributed by atoms with Crippen molar-refractivity contribution in [1.82, 2.24) is 0 Å². The van der Waals surface area contributed by atoms with Crippen molar-refractivity contribution in [2.24, 2.45) is 0 Å². The van der Waals surface area contributed by atoms with Crippen molar-refractivity contribution in [2.45, 2.75) is 0 Å². The molecular formula is C30H34O10. The van der Waals surface area contributed by atoms with Crippen LogP contribution in [0.1, 0.15) is 20.7 Å². The van der Waals surface area contributed by atoms with Gasteiger partial charge in [0.2, 0.25) is 0 Å². The molecule has 0 N–H and O–H groups in total. The van der Waals surface area contributed by atoms with E-state index in [1.54, 1.807) is 18.2 Å². The zero-order valence-electron chi connectivity index (χ0n) is 22.3. The normalized spacial score (nSPS) is 17.8. The van der Waals surface area contributed by atoms with Gasteiger partial charge < -0.3 is 37.9 Å². The van der Waals surface area contributed by atoms with Crippen molar-refractivity contribution >= 4 is 22.7 Å². The first-order valence-corrected chi connectivity index (χ1v) is 13.2. The van der Waals surface area contributed by atoms with E-state index in [-0.39, 0.29) is 37.6 Å². The molecule has 0 atom stereocenters. The Kier molecular flexibility index (Phi) is 12.0. The van der Waals surface area contributed by atoms with E-state index in [0.717, 1.165) is 22.3 Å². The van der Waals surface area contributed by atoms with Crippen LogP contribution < -0.4 is 9.47 Å². The molecule has 10 heteroatoms. The first kappa shape index (κ1) is 29.3. The molecule has 0 fully saturated rings. The van der Waals surface area contributed by atoms with Gasteiger partial charge in [0.05, 0.1) is 64.0 Å². The van der Waals surface area contributed by atoms with Gasteiger partial charge in [-0.2, -0.15) is 0 Å². The molecular weight excluding hydrogens is 520 g/mol. The minimum atomic E-state index is -0.551. The van der Waals surface area contributed by atoms with Gasteiger partial charge in [-0.1, -0.05) is 30.3 Å². The number of ether oxygens (including phenoxy) is 8. The van der Waals surface area contributed by atoms with Gasteiger partial charge in [-0.15, -0.1) is 0 Å². The van der Waals surface area contributed by atoms with Gasteiger partial charge in [0.1, 0.15) is 37.9 Å². The van der Waals surface area contributed by atoms with E-state index in [4.69, 9.17) is 37.9 Å². The van der Waals surface area contributed by atoms with Gasteiger partial charge in [-0.05, 0) is 30.3 Å². The molecule has 0 unspecified atom stereocenters. The van der Waals surface area contributed by atoms with Crippen LogP contribution in [0.5, 0.6) is 11.5 Å². The summed E-state index contributed by atoms with van der Waals surface area (Å²) in [5.74, 6) is 0.395. The second-order valence-electron chi connectivity index (χ2n) is 8.61. The Hall–Kier alpha value is -3.70. The molecule has 10 nitrogen and oxygen atoms in total. The number of hydrogen-bond donors (Lipinski definition) is 0. The fraction of sp³-hybridized carbons (Fsp3) is 0.400.